The number of aliphatic hydroxyl groups excluding tert-OH is 2. The molecule has 2 aliphatic heterocycles. The first-order valence-corrected chi connectivity index (χ1v) is 11.3. The third kappa shape index (κ3) is 3.54. The number of nitrogens with zero attached hydrogens (tertiary/aromatic N) is 1. The van der Waals surface area contributed by atoms with Gasteiger partial charge in [-0.1, -0.05) is 38.8 Å². The van der Waals surface area contributed by atoms with Gasteiger partial charge in [0.2, 0.25) is 0 Å². The lowest BCUT2D eigenvalue weighted by Crippen LogP contribution is -2.51. The molecule has 4 aliphatic rings. The number of hydrogen-bond acceptors (Lipinski definition) is 4. The second kappa shape index (κ2) is 7.73. The van der Waals surface area contributed by atoms with Gasteiger partial charge in [0.1, 0.15) is 6.04 Å². The molecular weight excluding hydrogens is 354 g/mol. The average molecular weight is 392 g/mol. The number of carboxylic acid groups (broad SMARTS) is 1. The van der Waals surface area contributed by atoms with Crippen LogP contribution in [0.5, 0.6) is 0 Å². The van der Waals surface area contributed by atoms with Gasteiger partial charge < -0.3 is 15.3 Å². The highest BCUT2D eigenvalue weighted by Gasteiger charge is 2.55. The fraction of sp³-hybridized carbons (Fsp3) is 0.870. The second-order valence-electron chi connectivity index (χ2n) is 10.4. The zero-order valence-electron chi connectivity index (χ0n) is 17.3. The van der Waals surface area contributed by atoms with E-state index in [4.69, 9.17) is 0 Å². The molecule has 4 fully saturated rings. The molecule has 2 saturated carbocycles. The molecule has 0 spiro atoms. The van der Waals surface area contributed by atoms with Gasteiger partial charge in [0.15, 0.2) is 0 Å². The molecule has 4 rings (SSSR count). The van der Waals surface area contributed by atoms with E-state index in [1.807, 2.05) is 6.08 Å². The molecule has 0 aromatic carbocycles. The molecule has 0 amide bonds. The van der Waals surface area contributed by atoms with Gasteiger partial charge in [-0.05, 0) is 62.2 Å². The van der Waals surface area contributed by atoms with Gasteiger partial charge >= 0.3 is 5.97 Å². The van der Waals surface area contributed by atoms with Gasteiger partial charge in [0.25, 0.3) is 0 Å². The van der Waals surface area contributed by atoms with E-state index < -0.39 is 24.2 Å². The average Bonchev–Trinajstić information content (AvgIpc) is 3.13. The monoisotopic (exact) mass is 391 g/mol. The number of rotatable bonds is 4. The van der Waals surface area contributed by atoms with Crippen molar-refractivity contribution in [3.63, 3.8) is 0 Å². The van der Waals surface area contributed by atoms with Crippen molar-refractivity contribution in [2.75, 3.05) is 0 Å². The van der Waals surface area contributed by atoms with Gasteiger partial charge in [0.05, 0.1) is 12.2 Å². The number of hydrogen-bond donors (Lipinski definition) is 3. The Balaban J connectivity index is 1.47. The Bertz CT molecular complexity index is 618. The molecule has 3 N–H and O–H groups in total. The lowest BCUT2D eigenvalue weighted by Gasteiger charge is -2.40. The highest BCUT2D eigenvalue weighted by molar-refractivity contribution is 5.73. The predicted molar refractivity (Wildman–Crippen MR) is 108 cm³/mol. The Morgan fingerprint density at radius 2 is 1.93 bits per heavy atom. The summed E-state index contributed by atoms with van der Waals surface area (Å²) >= 11 is 0. The summed E-state index contributed by atoms with van der Waals surface area (Å²) in [6, 6.07) is 0.118. The van der Waals surface area contributed by atoms with Crippen LogP contribution in [-0.4, -0.2) is 56.5 Å². The Morgan fingerprint density at radius 1 is 1.14 bits per heavy atom. The van der Waals surface area contributed by atoms with E-state index in [1.165, 1.54) is 12.8 Å². The van der Waals surface area contributed by atoms with Crippen LogP contribution in [0, 0.1) is 23.2 Å². The molecule has 0 aromatic heterocycles. The highest BCUT2D eigenvalue weighted by atomic mass is 16.4. The summed E-state index contributed by atoms with van der Waals surface area (Å²) in [5.74, 6) is -0.0962. The van der Waals surface area contributed by atoms with Crippen molar-refractivity contribution in [3.8, 4) is 0 Å². The smallest absolute Gasteiger partial charge is 0.320 e. The van der Waals surface area contributed by atoms with Crippen molar-refractivity contribution in [1.29, 1.82) is 0 Å². The summed E-state index contributed by atoms with van der Waals surface area (Å²) in [5.41, 5.74) is 0.154. The van der Waals surface area contributed by atoms with Crippen molar-refractivity contribution in [1.82, 2.24) is 4.90 Å². The van der Waals surface area contributed by atoms with Gasteiger partial charge in [-0.15, -0.1) is 0 Å². The molecule has 3 unspecified atom stereocenters. The zero-order valence-corrected chi connectivity index (χ0v) is 17.3. The molecule has 0 aromatic rings. The van der Waals surface area contributed by atoms with Gasteiger partial charge in [-0.3, -0.25) is 9.69 Å². The maximum Gasteiger partial charge on any atom is 0.320 e. The van der Waals surface area contributed by atoms with Crippen LogP contribution in [0.2, 0.25) is 0 Å². The number of carboxylic acids is 1. The molecule has 2 aliphatic carbocycles. The minimum atomic E-state index is -0.714. The quantitative estimate of drug-likeness (QED) is 0.641. The van der Waals surface area contributed by atoms with Crippen LogP contribution in [-0.2, 0) is 4.79 Å². The van der Waals surface area contributed by atoms with Crippen molar-refractivity contribution in [3.05, 3.63) is 12.2 Å². The molecule has 5 heteroatoms. The standard InChI is InChI=1S/C23H37NO4/c1-23(2)11-4-3-7-17(23)20(25)10-9-15-16-12-14-6-5-8-18(22(27)28)24(14)19(16)13-21(15)26/h9-10,14-21,25-26H,3-8,11-13H2,1-2H3,(H,27,28)/b10-9+/t14?,15-,16-,17?,18?,19-,20+,21-/m1/s1. The minimum Gasteiger partial charge on any atom is -0.480 e. The van der Waals surface area contributed by atoms with Crippen LogP contribution >= 0.6 is 0 Å². The zero-order chi connectivity index (χ0) is 20.1. The molecule has 2 heterocycles. The molecule has 5 nitrogen and oxygen atoms in total. The van der Waals surface area contributed by atoms with E-state index >= 15 is 0 Å². The van der Waals surface area contributed by atoms with E-state index in [0.29, 0.717) is 18.4 Å². The SMILES string of the molecule is CC1(C)CCCCC1[C@@H](O)/C=C/[C@@H]1[C@H]2CC3CCCC(C(=O)O)N3[C@@H]2C[C@H]1O. The first kappa shape index (κ1) is 20.4. The van der Waals surface area contributed by atoms with Crippen LogP contribution < -0.4 is 0 Å². The Hall–Kier alpha value is -0.910. The predicted octanol–water partition coefficient (Wildman–Crippen LogP) is 3.20. The van der Waals surface area contributed by atoms with Crippen LogP contribution in [0.4, 0.5) is 0 Å². The first-order chi connectivity index (χ1) is 13.3. The van der Waals surface area contributed by atoms with Crippen LogP contribution in [0.15, 0.2) is 12.2 Å². The van der Waals surface area contributed by atoms with E-state index in [9.17, 15) is 20.1 Å². The van der Waals surface area contributed by atoms with Gasteiger partial charge in [-0.25, -0.2) is 0 Å². The van der Waals surface area contributed by atoms with Crippen LogP contribution in [0.25, 0.3) is 0 Å². The molecule has 2 saturated heterocycles. The normalized spacial score (nSPS) is 44.4. The molecule has 0 bridgehead atoms. The van der Waals surface area contributed by atoms with E-state index in [-0.39, 0.29) is 23.3 Å². The van der Waals surface area contributed by atoms with E-state index in [2.05, 4.69) is 24.8 Å². The number of piperidine rings is 1. The molecular formula is C23H37NO4. The lowest BCUT2D eigenvalue weighted by molar-refractivity contribution is -0.146. The number of carbonyl (C=O) groups is 1. The minimum absolute atomic E-state index is 0.0337. The summed E-state index contributed by atoms with van der Waals surface area (Å²) in [6.45, 7) is 4.52. The molecule has 8 atom stereocenters. The fourth-order valence-electron chi connectivity index (χ4n) is 6.99. The number of aliphatic carboxylic acids is 1. The summed E-state index contributed by atoms with van der Waals surface area (Å²) in [7, 11) is 0. The van der Waals surface area contributed by atoms with E-state index in [0.717, 1.165) is 38.5 Å². The highest BCUT2D eigenvalue weighted by Crippen LogP contribution is 2.50. The molecule has 158 valence electrons. The van der Waals surface area contributed by atoms with Gasteiger partial charge in [-0.2, -0.15) is 0 Å². The Morgan fingerprint density at radius 3 is 2.64 bits per heavy atom. The van der Waals surface area contributed by atoms with Gasteiger partial charge in [0, 0.05) is 18.0 Å². The van der Waals surface area contributed by atoms with Crippen molar-refractivity contribution in [2.24, 2.45) is 23.2 Å². The van der Waals surface area contributed by atoms with Crippen LogP contribution in [0.3, 0.4) is 0 Å². The maximum atomic E-state index is 11.7. The summed E-state index contributed by atoms with van der Waals surface area (Å²) in [5, 5.41) is 31.2. The summed E-state index contributed by atoms with van der Waals surface area (Å²) < 4.78 is 0. The Labute approximate surface area is 168 Å². The number of fused-ring (bicyclic) bond motifs is 3. The lowest BCUT2D eigenvalue weighted by atomic mass is 9.66. The maximum absolute atomic E-state index is 11.7. The molecule has 28 heavy (non-hydrogen) atoms. The topological polar surface area (TPSA) is 81.0 Å². The summed E-state index contributed by atoms with van der Waals surface area (Å²) in [6.07, 6.45) is 12.2. The number of aliphatic hydroxyl groups is 2. The summed E-state index contributed by atoms with van der Waals surface area (Å²) in [4.78, 5) is 14.0. The fourth-order valence-corrected chi connectivity index (χ4v) is 6.99. The third-order valence-corrected chi connectivity index (χ3v) is 8.46. The second-order valence-corrected chi connectivity index (χ2v) is 10.4. The Kier molecular flexibility index (Phi) is 5.62. The van der Waals surface area contributed by atoms with Crippen molar-refractivity contribution < 1.29 is 20.1 Å². The van der Waals surface area contributed by atoms with E-state index in [1.54, 1.807) is 0 Å². The largest absolute Gasteiger partial charge is 0.480 e. The van der Waals surface area contributed by atoms with Crippen molar-refractivity contribution in [2.45, 2.75) is 102 Å². The third-order valence-electron chi connectivity index (χ3n) is 8.46. The molecule has 0 radical (unpaired) electrons. The van der Waals surface area contributed by atoms with Crippen molar-refractivity contribution >= 4 is 5.97 Å². The van der Waals surface area contributed by atoms with Crippen LogP contribution in [0.1, 0.15) is 71.6 Å². The first-order valence-electron chi connectivity index (χ1n) is 11.3.